The van der Waals surface area contributed by atoms with Crippen molar-refractivity contribution in [3.05, 3.63) is 41.8 Å². The summed E-state index contributed by atoms with van der Waals surface area (Å²) in [5.41, 5.74) is 2.05. The van der Waals surface area contributed by atoms with E-state index in [1.54, 1.807) is 22.9 Å². The van der Waals surface area contributed by atoms with Crippen molar-refractivity contribution in [3.8, 4) is 11.3 Å². The summed E-state index contributed by atoms with van der Waals surface area (Å²) in [6.07, 6.45) is 2.90. The molecule has 1 aromatic carbocycles. The first-order chi connectivity index (χ1) is 9.78. The molecular weight excluding hydrogens is 259 g/mol. The van der Waals surface area contributed by atoms with Crippen LogP contribution in [0.4, 0.5) is 4.39 Å². The van der Waals surface area contributed by atoms with Crippen molar-refractivity contribution in [2.75, 3.05) is 6.61 Å². The smallest absolute Gasteiger partial charge is 0.150 e. The molecule has 0 bridgehead atoms. The zero-order chi connectivity index (χ0) is 13.9. The van der Waals surface area contributed by atoms with Crippen molar-refractivity contribution < 1.29 is 14.2 Å². The Balaban J connectivity index is 1.95. The van der Waals surface area contributed by atoms with Gasteiger partial charge in [0.2, 0.25) is 0 Å². The van der Waals surface area contributed by atoms with Gasteiger partial charge >= 0.3 is 0 Å². The van der Waals surface area contributed by atoms with Gasteiger partial charge in [-0.05, 0) is 37.5 Å². The van der Waals surface area contributed by atoms with Crippen LogP contribution in [0.15, 0.2) is 30.3 Å². The highest BCUT2D eigenvalue weighted by Gasteiger charge is 2.20. The zero-order valence-electron chi connectivity index (χ0n) is 11.1. The lowest BCUT2D eigenvalue weighted by Gasteiger charge is -2.24. The average molecular weight is 276 g/mol. The van der Waals surface area contributed by atoms with Crippen LogP contribution in [0.5, 0.6) is 0 Å². The summed E-state index contributed by atoms with van der Waals surface area (Å²) in [7, 11) is 0. The molecule has 2 heterocycles. The second-order valence-corrected chi connectivity index (χ2v) is 4.96. The van der Waals surface area contributed by atoms with Gasteiger partial charge in [0.1, 0.15) is 5.82 Å². The van der Waals surface area contributed by atoms with E-state index in [4.69, 9.17) is 4.74 Å². The topological polar surface area (TPSA) is 47.3 Å². The molecule has 20 heavy (non-hydrogen) atoms. The van der Waals surface area contributed by atoms with E-state index in [1.807, 2.05) is 0 Å². The number of hydrogen-bond donors (Lipinski definition) is 1. The van der Waals surface area contributed by atoms with Crippen LogP contribution in [-0.4, -0.2) is 21.5 Å². The van der Waals surface area contributed by atoms with Gasteiger partial charge in [0.05, 0.1) is 18.0 Å². The summed E-state index contributed by atoms with van der Waals surface area (Å²) in [5, 5.41) is 14.0. The number of nitrogens with zero attached hydrogens (tertiary/aromatic N) is 2. The number of halogens is 1. The second-order valence-electron chi connectivity index (χ2n) is 4.96. The predicted molar refractivity (Wildman–Crippen MR) is 72.4 cm³/mol. The van der Waals surface area contributed by atoms with Crippen LogP contribution >= 0.6 is 0 Å². The van der Waals surface area contributed by atoms with Gasteiger partial charge in [-0.15, -0.1) is 0 Å². The highest BCUT2D eigenvalue weighted by molar-refractivity contribution is 5.59. The average Bonchev–Trinajstić information content (AvgIpc) is 2.92. The standard InChI is InChI=1S/C15H17FN2O2/c16-12-5-3-4-11(8-12)14-9-13(10-19)18(17-14)15-6-1-2-7-20-15/h3-5,8-9,15,19H,1-2,6-7,10H2. The minimum Gasteiger partial charge on any atom is -0.390 e. The Morgan fingerprint density at radius 1 is 1.35 bits per heavy atom. The van der Waals surface area contributed by atoms with E-state index in [2.05, 4.69) is 5.10 Å². The Morgan fingerprint density at radius 2 is 2.25 bits per heavy atom. The molecule has 0 spiro atoms. The summed E-state index contributed by atoms with van der Waals surface area (Å²) >= 11 is 0. The Morgan fingerprint density at radius 3 is 2.95 bits per heavy atom. The third-order valence-corrected chi connectivity index (χ3v) is 3.52. The number of rotatable bonds is 3. The summed E-state index contributed by atoms with van der Waals surface area (Å²) in [5.74, 6) is -0.295. The molecule has 1 fully saturated rings. The molecule has 1 aliphatic rings. The third kappa shape index (κ3) is 2.59. The monoisotopic (exact) mass is 276 g/mol. The second kappa shape index (κ2) is 5.73. The maximum Gasteiger partial charge on any atom is 0.150 e. The molecule has 0 radical (unpaired) electrons. The van der Waals surface area contributed by atoms with Gasteiger partial charge in [-0.1, -0.05) is 12.1 Å². The summed E-state index contributed by atoms with van der Waals surface area (Å²) < 4.78 is 20.7. The van der Waals surface area contributed by atoms with Crippen LogP contribution in [0.2, 0.25) is 0 Å². The molecule has 0 saturated carbocycles. The van der Waals surface area contributed by atoms with Crippen LogP contribution < -0.4 is 0 Å². The van der Waals surface area contributed by atoms with Crippen molar-refractivity contribution in [2.24, 2.45) is 0 Å². The van der Waals surface area contributed by atoms with Crippen LogP contribution in [0.25, 0.3) is 11.3 Å². The molecule has 5 heteroatoms. The van der Waals surface area contributed by atoms with Gasteiger partial charge in [-0.2, -0.15) is 5.10 Å². The van der Waals surface area contributed by atoms with E-state index in [9.17, 15) is 9.50 Å². The lowest BCUT2D eigenvalue weighted by atomic mass is 10.1. The number of aromatic nitrogens is 2. The highest BCUT2D eigenvalue weighted by Crippen LogP contribution is 2.27. The maximum atomic E-state index is 13.3. The van der Waals surface area contributed by atoms with Crippen LogP contribution in [0.1, 0.15) is 31.2 Å². The molecule has 0 aliphatic carbocycles. The molecule has 3 rings (SSSR count). The fraction of sp³-hybridized carbons (Fsp3) is 0.400. The fourth-order valence-corrected chi connectivity index (χ4v) is 2.51. The summed E-state index contributed by atoms with van der Waals surface area (Å²) in [4.78, 5) is 0. The first kappa shape index (κ1) is 13.3. The lowest BCUT2D eigenvalue weighted by Crippen LogP contribution is -2.21. The SMILES string of the molecule is OCc1cc(-c2cccc(F)c2)nn1C1CCCCO1. The molecule has 0 amide bonds. The largest absolute Gasteiger partial charge is 0.390 e. The predicted octanol–water partition coefficient (Wildman–Crippen LogP) is 2.88. The number of aliphatic hydroxyl groups excluding tert-OH is 1. The molecule has 1 atom stereocenters. The Bertz CT molecular complexity index is 591. The molecule has 1 unspecified atom stereocenters. The zero-order valence-corrected chi connectivity index (χ0v) is 11.1. The van der Waals surface area contributed by atoms with Crippen LogP contribution in [0.3, 0.4) is 0 Å². The van der Waals surface area contributed by atoms with Gasteiger partial charge in [0, 0.05) is 12.2 Å². The van der Waals surface area contributed by atoms with Crippen molar-refractivity contribution in [1.82, 2.24) is 9.78 Å². The Kier molecular flexibility index (Phi) is 3.80. The number of aliphatic hydroxyl groups is 1. The minimum absolute atomic E-state index is 0.109. The number of ether oxygens (including phenoxy) is 1. The molecule has 1 aromatic heterocycles. The van der Waals surface area contributed by atoms with Crippen molar-refractivity contribution in [1.29, 1.82) is 0 Å². The van der Waals surface area contributed by atoms with Gasteiger partial charge in [-0.25, -0.2) is 9.07 Å². The van der Waals surface area contributed by atoms with E-state index in [1.165, 1.54) is 12.1 Å². The summed E-state index contributed by atoms with van der Waals surface area (Å²) in [6, 6.07) is 8.08. The third-order valence-electron chi connectivity index (χ3n) is 3.52. The molecule has 1 N–H and O–H groups in total. The molecule has 1 saturated heterocycles. The van der Waals surface area contributed by atoms with Crippen molar-refractivity contribution in [3.63, 3.8) is 0 Å². The minimum atomic E-state index is -0.295. The van der Waals surface area contributed by atoms with Crippen molar-refractivity contribution >= 4 is 0 Å². The number of hydrogen-bond acceptors (Lipinski definition) is 3. The molecule has 1 aliphatic heterocycles. The number of benzene rings is 1. The molecule has 4 nitrogen and oxygen atoms in total. The lowest BCUT2D eigenvalue weighted by molar-refractivity contribution is -0.0425. The Labute approximate surface area is 116 Å². The fourth-order valence-electron chi connectivity index (χ4n) is 2.51. The van der Waals surface area contributed by atoms with E-state index >= 15 is 0 Å². The quantitative estimate of drug-likeness (QED) is 0.937. The van der Waals surface area contributed by atoms with E-state index in [0.29, 0.717) is 23.6 Å². The molecule has 106 valence electrons. The molecule has 2 aromatic rings. The van der Waals surface area contributed by atoms with Gasteiger partial charge in [0.25, 0.3) is 0 Å². The first-order valence-corrected chi connectivity index (χ1v) is 6.85. The maximum absolute atomic E-state index is 13.3. The Hall–Kier alpha value is -1.72. The summed E-state index contributed by atoms with van der Waals surface area (Å²) in [6.45, 7) is 0.604. The van der Waals surface area contributed by atoms with E-state index in [0.717, 1.165) is 19.3 Å². The normalized spacial score (nSPS) is 19.2. The first-order valence-electron chi connectivity index (χ1n) is 6.85. The van der Waals surface area contributed by atoms with E-state index in [-0.39, 0.29) is 18.7 Å². The van der Waals surface area contributed by atoms with Gasteiger partial charge < -0.3 is 9.84 Å². The highest BCUT2D eigenvalue weighted by atomic mass is 19.1. The van der Waals surface area contributed by atoms with Gasteiger partial charge in [0.15, 0.2) is 6.23 Å². The van der Waals surface area contributed by atoms with Crippen molar-refractivity contribution in [2.45, 2.75) is 32.1 Å². The van der Waals surface area contributed by atoms with Crippen LogP contribution in [-0.2, 0) is 11.3 Å². The van der Waals surface area contributed by atoms with Gasteiger partial charge in [-0.3, -0.25) is 0 Å². The van der Waals surface area contributed by atoms with E-state index < -0.39 is 0 Å². The molecular formula is C15H17FN2O2. The van der Waals surface area contributed by atoms with Crippen LogP contribution in [0, 0.1) is 5.82 Å².